The molecule has 0 aliphatic rings. The maximum Gasteiger partial charge on any atom is 0.251 e. The Morgan fingerprint density at radius 3 is 2.91 bits per heavy atom. The van der Waals surface area contributed by atoms with Gasteiger partial charge in [0.25, 0.3) is 5.91 Å². The Labute approximate surface area is 133 Å². The second-order valence-corrected chi connectivity index (χ2v) is 6.14. The lowest BCUT2D eigenvalue weighted by Gasteiger charge is -2.06. The Hall–Kier alpha value is -2.36. The molecule has 0 fully saturated rings. The minimum atomic E-state index is -1.07. The van der Waals surface area contributed by atoms with Crippen LogP contribution in [0.15, 0.2) is 29.6 Å². The first-order chi connectivity index (χ1) is 10.3. The molecule has 22 heavy (non-hydrogen) atoms. The smallest absolute Gasteiger partial charge is 0.251 e. The summed E-state index contributed by atoms with van der Waals surface area (Å²) in [7, 11) is 0. The standard InChI is InChI=1S/C16H17N3O2S/c1-16(2,21)7-6-11-4-3-5-12(8-11)14(20)18-9-13-10-22-15(17)19-13/h3-5,8,10,21H,9H2,1-2H3,(H2,17,19)(H,18,20). The highest BCUT2D eigenvalue weighted by Gasteiger charge is 2.08. The lowest BCUT2D eigenvalue weighted by Crippen LogP contribution is -2.23. The summed E-state index contributed by atoms with van der Waals surface area (Å²) in [5.41, 5.74) is 6.39. The van der Waals surface area contributed by atoms with E-state index < -0.39 is 5.60 Å². The highest BCUT2D eigenvalue weighted by atomic mass is 32.1. The van der Waals surface area contributed by atoms with Crippen LogP contribution in [-0.2, 0) is 6.54 Å². The molecule has 0 unspecified atom stereocenters. The predicted octanol–water partition coefficient (Wildman–Crippen LogP) is 1.78. The fraction of sp³-hybridized carbons (Fsp3) is 0.250. The molecule has 4 N–H and O–H groups in total. The first kappa shape index (κ1) is 16.0. The van der Waals surface area contributed by atoms with E-state index in [0.717, 1.165) is 5.69 Å². The topological polar surface area (TPSA) is 88.2 Å². The number of benzene rings is 1. The first-order valence-electron chi connectivity index (χ1n) is 6.67. The zero-order valence-corrected chi connectivity index (χ0v) is 13.2. The summed E-state index contributed by atoms with van der Waals surface area (Å²) in [5.74, 6) is 5.36. The molecular weight excluding hydrogens is 298 g/mol. The average molecular weight is 315 g/mol. The number of amides is 1. The first-order valence-corrected chi connectivity index (χ1v) is 7.55. The quantitative estimate of drug-likeness (QED) is 0.753. The summed E-state index contributed by atoms with van der Waals surface area (Å²) in [5, 5.41) is 14.7. The van der Waals surface area contributed by atoms with Gasteiger partial charge in [-0.3, -0.25) is 4.79 Å². The van der Waals surface area contributed by atoms with Crippen LogP contribution in [0.1, 0.15) is 35.5 Å². The lowest BCUT2D eigenvalue weighted by molar-refractivity contribution is 0.0950. The van der Waals surface area contributed by atoms with Gasteiger partial charge in [-0.25, -0.2) is 4.98 Å². The maximum atomic E-state index is 12.1. The van der Waals surface area contributed by atoms with E-state index in [-0.39, 0.29) is 5.91 Å². The molecule has 2 aromatic rings. The molecule has 1 aromatic heterocycles. The van der Waals surface area contributed by atoms with Gasteiger partial charge in [-0.1, -0.05) is 17.9 Å². The van der Waals surface area contributed by atoms with Crippen LogP contribution in [-0.4, -0.2) is 21.6 Å². The molecule has 0 atom stereocenters. The summed E-state index contributed by atoms with van der Waals surface area (Å²) in [4.78, 5) is 16.2. The summed E-state index contributed by atoms with van der Waals surface area (Å²) >= 11 is 1.34. The number of nitrogens with two attached hydrogens (primary N) is 1. The number of aromatic nitrogens is 1. The lowest BCUT2D eigenvalue weighted by atomic mass is 10.1. The normalized spacial score (nSPS) is 10.7. The van der Waals surface area contributed by atoms with Gasteiger partial charge in [-0.2, -0.15) is 0 Å². The van der Waals surface area contributed by atoms with Gasteiger partial charge in [0.15, 0.2) is 5.13 Å². The fourth-order valence-electron chi connectivity index (χ4n) is 1.64. The number of anilines is 1. The molecule has 1 heterocycles. The van der Waals surface area contributed by atoms with Crippen molar-refractivity contribution in [1.29, 1.82) is 0 Å². The van der Waals surface area contributed by atoms with Crippen LogP contribution in [0.3, 0.4) is 0 Å². The fourth-order valence-corrected chi connectivity index (χ4v) is 2.20. The van der Waals surface area contributed by atoms with Gasteiger partial charge < -0.3 is 16.2 Å². The predicted molar refractivity (Wildman–Crippen MR) is 87.3 cm³/mol. The zero-order chi connectivity index (χ0) is 16.2. The number of hydrogen-bond donors (Lipinski definition) is 3. The van der Waals surface area contributed by atoms with E-state index in [4.69, 9.17) is 5.73 Å². The van der Waals surface area contributed by atoms with Crippen LogP contribution < -0.4 is 11.1 Å². The van der Waals surface area contributed by atoms with Crippen molar-refractivity contribution in [1.82, 2.24) is 10.3 Å². The van der Waals surface area contributed by atoms with Crippen molar-refractivity contribution in [2.75, 3.05) is 5.73 Å². The zero-order valence-electron chi connectivity index (χ0n) is 12.4. The third kappa shape index (κ3) is 4.88. The van der Waals surface area contributed by atoms with Crippen LogP contribution in [0.25, 0.3) is 0 Å². The van der Waals surface area contributed by atoms with Gasteiger partial charge in [-0.15, -0.1) is 11.3 Å². The van der Waals surface area contributed by atoms with Crippen molar-refractivity contribution in [2.24, 2.45) is 0 Å². The van der Waals surface area contributed by atoms with E-state index in [1.54, 1.807) is 43.5 Å². The van der Waals surface area contributed by atoms with Crippen LogP contribution in [0, 0.1) is 11.8 Å². The molecule has 2 rings (SSSR count). The maximum absolute atomic E-state index is 12.1. The van der Waals surface area contributed by atoms with Crippen molar-refractivity contribution in [3.63, 3.8) is 0 Å². The molecule has 0 saturated heterocycles. The number of rotatable bonds is 3. The van der Waals surface area contributed by atoms with Crippen molar-refractivity contribution in [2.45, 2.75) is 26.0 Å². The molecule has 1 aromatic carbocycles. The second kappa shape index (κ2) is 6.60. The minimum Gasteiger partial charge on any atom is -0.378 e. The number of nitrogens with zero attached hydrogens (tertiary/aromatic N) is 1. The van der Waals surface area contributed by atoms with Crippen LogP contribution in [0.4, 0.5) is 5.13 Å². The second-order valence-electron chi connectivity index (χ2n) is 5.25. The molecule has 114 valence electrons. The molecule has 0 saturated carbocycles. The number of hydrogen-bond acceptors (Lipinski definition) is 5. The van der Waals surface area contributed by atoms with E-state index in [9.17, 15) is 9.90 Å². The molecule has 0 aliphatic heterocycles. The van der Waals surface area contributed by atoms with Gasteiger partial charge in [0.1, 0.15) is 5.60 Å². The third-order valence-electron chi connectivity index (χ3n) is 2.64. The molecule has 0 radical (unpaired) electrons. The molecule has 0 spiro atoms. The monoisotopic (exact) mass is 315 g/mol. The van der Waals surface area contributed by atoms with E-state index in [1.807, 2.05) is 0 Å². The van der Waals surface area contributed by atoms with Crippen molar-refractivity contribution in [3.05, 3.63) is 46.5 Å². The van der Waals surface area contributed by atoms with Crippen molar-refractivity contribution in [3.8, 4) is 11.8 Å². The molecule has 1 amide bonds. The Morgan fingerprint density at radius 1 is 1.50 bits per heavy atom. The SMILES string of the molecule is CC(C)(O)C#Cc1cccc(C(=O)NCc2csc(N)n2)c1. The molecular formula is C16H17N3O2S. The summed E-state index contributed by atoms with van der Waals surface area (Å²) in [6.07, 6.45) is 0. The number of carbonyl (C=O) groups excluding carboxylic acids is 1. The largest absolute Gasteiger partial charge is 0.378 e. The Morgan fingerprint density at radius 2 is 2.27 bits per heavy atom. The number of nitrogens with one attached hydrogen (secondary N) is 1. The van der Waals surface area contributed by atoms with Crippen molar-refractivity contribution >= 4 is 22.4 Å². The molecule has 5 nitrogen and oxygen atoms in total. The highest BCUT2D eigenvalue weighted by molar-refractivity contribution is 7.13. The third-order valence-corrected chi connectivity index (χ3v) is 3.36. The van der Waals surface area contributed by atoms with Crippen LogP contribution >= 0.6 is 11.3 Å². The van der Waals surface area contributed by atoms with E-state index in [0.29, 0.717) is 22.8 Å². The van der Waals surface area contributed by atoms with Crippen LogP contribution in [0.2, 0.25) is 0 Å². The molecule has 6 heteroatoms. The molecule has 0 bridgehead atoms. The Kier molecular flexibility index (Phi) is 4.81. The average Bonchev–Trinajstić information content (AvgIpc) is 2.88. The number of thiazole rings is 1. The minimum absolute atomic E-state index is 0.210. The Balaban J connectivity index is 2.05. The van der Waals surface area contributed by atoms with Gasteiger partial charge in [0.05, 0.1) is 12.2 Å². The number of carbonyl (C=O) groups is 1. The van der Waals surface area contributed by atoms with Gasteiger partial charge >= 0.3 is 0 Å². The summed E-state index contributed by atoms with van der Waals surface area (Å²) in [6, 6.07) is 6.93. The summed E-state index contributed by atoms with van der Waals surface area (Å²) < 4.78 is 0. The van der Waals surface area contributed by atoms with E-state index in [1.165, 1.54) is 11.3 Å². The number of aliphatic hydroxyl groups is 1. The van der Waals surface area contributed by atoms with Gasteiger partial charge in [0.2, 0.25) is 0 Å². The highest BCUT2D eigenvalue weighted by Crippen LogP contribution is 2.11. The molecule has 0 aliphatic carbocycles. The Bertz CT molecular complexity index is 736. The number of nitrogen functional groups attached to an aromatic ring is 1. The van der Waals surface area contributed by atoms with Gasteiger partial charge in [0, 0.05) is 16.5 Å². The van der Waals surface area contributed by atoms with Gasteiger partial charge in [-0.05, 0) is 32.0 Å². The van der Waals surface area contributed by atoms with Crippen molar-refractivity contribution < 1.29 is 9.90 Å². The summed E-state index contributed by atoms with van der Waals surface area (Å²) in [6.45, 7) is 3.54. The van der Waals surface area contributed by atoms with Crippen LogP contribution in [0.5, 0.6) is 0 Å². The van der Waals surface area contributed by atoms with E-state index in [2.05, 4.69) is 22.1 Å². The van der Waals surface area contributed by atoms with E-state index >= 15 is 0 Å².